The lowest BCUT2D eigenvalue weighted by molar-refractivity contribution is 0.0487. The van der Waals surface area contributed by atoms with Gasteiger partial charge in [0.15, 0.2) is 0 Å². The van der Waals surface area contributed by atoms with Gasteiger partial charge in [0.2, 0.25) is 0 Å². The van der Waals surface area contributed by atoms with Crippen LogP contribution in [0.4, 0.5) is 0 Å². The Labute approximate surface area is 61.2 Å². The summed E-state index contributed by atoms with van der Waals surface area (Å²) in [5.41, 5.74) is 6.10. The molecule has 1 heterocycles. The average molecular weight is 139 g/mol. The molecule has 0 amide bonds. The summed E-state index contributed by atoms with van der Waals surface area (Å²) in [6.45, 7) is 1.80. The van der Waals surface area contributed by atoms with Crippen LogP contribution in [-0.4, -0.2) is 13.2 Å². The monoisotopic (exact) mass is 139 g/mol. The van der Waals surface area contributed by atoms with E-state index in [1.165, 1.54) is 25.7 Å². The fourth-order valence-electron chi connectivity index (χ4n) is 1.69. The van der Waals surface area contributed by atoms with Gasteiger partial charge in [-0.1, -0.05) is 5.57 Å². The van der Waals surface area contributed by atoms with Crippen LogP contribution in [0.1, 0.15) is 25.7 Å². The largest absolute Gasteiger partial charge is 0.297 e. The van der Waals surface area contributed by atoms with Crippen molar-refractivity contribution in [3.05, 3.63) is 11.1 Å². The molecule has 1 N–H and O–H groups in total. The zero-order valence-electron chi connectivity index (χ0n) is 6.15. The van der Waals surface area contributed by atoms with Gasteiger partial charge in [-0.15, -0.1) is 0 Å². The van der Waals surface area contributed by atoms with Crippen molar-refractivity contribution < 1.29 is 4.84 Å². The van der Waals surface area contributed by atoms with Crippen molar-refractivity contribution in [2.45, 2.75) is 25.7 Å². The Hall–Kier alpha value is -0.340. The van der Waals surface area contributed by atoms with Crippen molar-refractivity contribution in [2.75, 3.05) is 13.2 Å². The molecule has 1 aliphatic carbocycles. The van der Waals surface area contributed by atoms with Gasteiger partial charge in [0.25, 0.3) is 0 Å². The SMILES string of the molecule is C1CCC2=C(C1)CNOC2. The van der Waals surface area contributed by atoms with Crippen LogP contribution in [0.25, 0.3) is 0 Å². The van der Waals surface area contributed by atoms with Gasteiger partial charge in [-0.25, -0.2) is 0 Å². The Morgan fingerprint density at radius 2 is 1.90 bits per heavy atom. The lowest BCUT2D eigenvalue weighted by Gasteiger charge is -2.24. The molecule has 0 atom stereocenters. The maximum atomic E-state index is 5.13. The molecule has 0 aromatic rings. The van der Waals surface area contributed by atoms with Gasteiger partial charge in [-0.3, -0.25) is 4.84 Å². The quantitative estimate of drug-likeness (QED) is 0.512. The molecule has 1 aliphatic heterocycles. The first-order valence-electron chi connectivity index (χ1n) is 4.01. The molecule has 10 heavy (non-hydrogen) atoms. The lowest BCUT2D eigenvalue weighted by Crippen LogP contribution is -2.27. The third-order valence-electron chi connectivity index (χ3n) is 2.34. The van der Waals surface area contributed by atoms with Crippen LogP contribution in [0.2, 0.25) is 0 Å². The molecular formula is C8H13NO. The smallest absolute Gasteiger partial charge is 0.0896 e. The fourth-order valence-corrected chi connectivity index (χ4v) is 1.69. The number of rotatable bonds is 0. The molecule has 2 nitrogen and oxygen atoms in total. The minimum absolute atomic E-state index is 0.829. The Kier molecular flexibility index (Phi) is 1.74. The van der Waals surface area contributed by atoms with E-state index >= 15 is 0 Å². The van der Waals surface area contributed by atoms with Crippen LogP contribution in [0.15, 0.2) is 11.1 Å². The maximum absolute atomic E-state index is 5.13. The van der Waals surface area contributed by atoms with Crippen molar-refractivity contribution in [1.29, 1.82) is 0 Å². The molecule has 0 fully saturated rings. The molecule has 0 aromatic heterocycles. The highest BCUT2D eigenvalue weighted by atomic mass is 16.6. The van der Waals surface area contributed by atoms with Crippen molar-refractivity contribution in [3.63, 3.8) is 0 Å². The summed E-state index contributed by atoms with van der Waals surface area (Å²) in [5, 5.41) is 0. The van der Waals surface area contributed by atoms with E-state index < -0.39 is 0 Å². The van der Waals surface area contributed by atoms with Crippen LogP contribution in [0.5, 0.6) is 0 Å². The van der Waals surface area contributed by atoms with Gasteiger partial charge in [0.05, 0.1) is 6.61 Å². The van der Waals surface area contributed by atoms with E-state index in [1.54, 1.807) is 11.1 Å². The minimum Gasteiger partial charge on any atom is -0.297 e. The van der Waals surface area contributed by atoms with E-state index in [1.807, 2.05) is 0 Å². The molecule has 2 aliphatic rings. The normalized spacial score (nSPS) is 26.4. The summed E-state index contributed by atoms with van der Waals surface area (Å²) >= 11 is 0. The standard InChI is InChI=1S/C8H13NO/c1-2-4-8-6-10-9-5-7(8)3-1/h9H,1-6H2. The van der Waals surface area contributed by atoms with Crippen molar-refractivity contribution >= 4 is 0 Å². The summed E-state index contributed by atoms with van der Waals surface area (Å²) in [6.07, 6.45) is 5.31. The molecule has 0 unspecified atom stereocenters. The minimum atomic E-state index is 0.829. The summed E-state index contributed by atoms with van der Waals surface area (Å²) in [5.74, 6) is 0. The summed E-state index contributed by atoms with van der Waals surface area (Å²) in [4.78, 5) is 5.13. The van der Waals surface area contributed by atoms with E-state index in [2.05, 4.69) is 5.48 Å². The molecule has 0 spiro atoms. The van der Waals surface area contributed by atoms with Crippen LogP contribution < -0.4 is 5.48 Å². The van der Waals surface area contributed by atoms with E-state index in [0.717, 1.165) is 13.2 Å². The fraction of sp³-hybridized carbons (Fsp3) is 0.750. The Balaban J connectivity index is 2.14. The summed E-state index contributed by atoms with van der Waals surface area (Å²) < 4.78 is 0. The first-order valence-corrected chi connectivity index (χ1v) is 4.01. The van der Waals surface area contributed by atoms with E-state index in [9.17, 15) is 0 Å². The average Bonchev–Trinajstić information content (AvgIpc) is 2.05. The predicted molar refractivity (Wildman–Crippen MR) is 39.4 cm³/mol. The molecule has 0 radical (unpaired) electrons. The van der Waals surface area contributed by atoms with Crippen LogP contribution in [0, 0.1) is 0 Å². The molecular weight excluding hydrogens is 126 g/mol. The molecule has 0 bridgehead atoms. The Morgan fingerprint density at radius 3 is 2.70 bits per heavy atom. The van der Waals surface area contributed by atoms with Gasteiger partial charge in [-0.2, -0.15) is 5.48 Å². The first-order chi connectivity index (χ1) is 4.97. The highest BCUT2D eigenvalue weighted by Gasteiger charge is 2.15. The lowest BCUT2D eigenvalue weighted by atomic mass is 9.92. The molecule has 2 rings (SSSR count). The second-order valence-electron chi connectivity index (χ2n) is 3.02. The molecule has 2 heteroatoms. The van der Waals surface area contributed by atoms with Crippen LogP contribution in [0.3, 0.4) is 0 Å². The topological polar surface area (TPSA) is 21.3 Å². The van der Waals surface area contributed by atoms with E-state index in [-0.39, 0.29) is 0 Å². The summed E-state index contributed by atoms with van der Waals surface area (Å²) in [6, 6.07) is 0. The maximum Gasteiger partial charge on any atom is 0.0896 e. The second kappa shape index (κ2) is 2.72. The van der Waals surface area contributed by atoms with Gasteiger partial charge in [0.1, 0.15) is 0 Å². The highest BCUT2D eigenvalue weighted by molar-refractivity contribution is 5.19. The van der Waals surface area contributed by atoms with Gasteiger partial charge in [0, 0.05) is 6.54 Å². The number of hydroxylamine groups is 1. The number of nitrogens with one attached hydrogen (secondary N) is 1. The second-order valence-corrected chi connectivity index (χ2v) is 3.02. The van der Waals surface area contributed by atoms with Crippen LogP contribution in [-0.2, 0) is 4.84 Å². The van der Waals surface area contributed by atoms with Crippen molar-refractivity contribution in [2.24, 2.45) is 0 Å². The summed E-state index contributed by atoms with van der Waals surface area (Å²) in [7, 11) is 0. The Bertz CT molecular complexity index is 129. The number of hydrogen-bond acceptors (Lipinski definition) is 2. The van der Waals surface area contributed by atoms with E-state index in [0.29, 0.717) is 0 Å². The first kappa shape index (κ1) is 6.38. The van der Waals surface area contributed by atoms with Gasteiger partial charge >= 0.3 is 0 Å². The van der Waals surface area contributed by atoms with Crippen molar-refractivity contribution in [1.82, 2.24) is 5.48 Å². The molecule has 0 saturated carbocycles. The van der Waals surface area contributed by atoms with Gasteiger partial charge < -0.3 is 0 Å². The van der Waals surface area contributed by atoms with E-state index in [4.69, 9.17) is 4.84 Å². The van der Waals surface area contributed by atoms with Crippen LogP contribution >= 0.6 is 0 Å². The zero-order chi connectivity index (χ0) is 6.81. The number of hydrogen-bond donors (Lipinski definition) is 1. The molecule has 56 valence electrons. The predicted octanol–water partition coefficient (Wildman–Crippen LogP) is 1.39. The highest BCUT2D eigenvalue weighted by Crippen LogP contribution is 2.25. The Morgan fingerprint density at radius 1 is 1.10 bits per heavy atom. The third-order valence-corrected chi connectivity index (χ3v) is 2.34. The third kappa shape index (κ3) is 1.09. The molecule has 0 saturated heterocycles. The van der Waals surface area contributed by atoms with Crippen molar-refractivity contribution in [3.8, 4) is 0 Å². The molecule has 0 aromatic carbocycles. The zero-order valence-corrected chi connectivity index (χ0v) is 6.15. The van der Waals surface area contributed by atoms with Gasteiger partial charge in [-0.05, 0) is 31.3 Å².